The zero-order valence-electron chi connectivity index (χ0n) is 11.5. The summed E-state index contributed by atoms with van der Waals surface area (Å²) in [5.74, 6) is 0.374. The Labute approximate surface area is 117 Å². The lowest BCUT2D eigenvalue weighted by atomic mass is 10.1. The molecule has 0 aliphatic rings. The molecule has 0 aliphatic carbocycles. The van der Waals surface area contributed by atoms with Gasteiger partial charge in [0.1, 0.15) is 5.76 Å². The van der Waals surface area contributed by atoms with Crippen LogP contribution < -0.4 is 10.7 Å². The van der Waals surface area contributed by atoms with E-state index in [1.165, 1.54) is 17.3 Å². The predicted octanol–water partition coefficient (Wildman–Crippen LogP) is 2.46. The monoisotopic (exact) mass is 271 g/mol. The fourth-order valence-corrected chi connectivity index (χ4v) is 1.61. The third-order valence-corrected chi connectivity index (χ3v) is 2.88. The minimum absolute atomic E-state index is 0.165. The molecule has 20 heavy (non-hydrogen) atoms. The van der Waals surface area contributed by atoms with Crippen molar-refractivity contribution in [2.75, 3.05) is 11.9 Å². The van der Waals surface area contributed by atoms with Crippen LogP contribution in [-0.4, -0.2) is 18.7 Å². The molecule has 0 aliphatic heterocycles. The number of carbonyl (C=O) groups is 1. The van der Waals surface area contributed by atoms with Gasteiger partial charge in [0.05, 0.1) is 19.0 Å². The van der Waals surface area contributed by atoms with E-state index in [9.17, 15) is 4.79 Å². The zero-order valence-corrected chi connectivity index (χ0v) is 11.5. The Kier molecular flexibility index (Phi) is 4.55. The normalized spacial score (nSPS) is 10.7. The molecule has 0 radical (unpaired) electrons. The van der Waals surface area contributed by atoms with E-state index in [0.717, 1.165) is 5.69 Å². The third-order valence-electron chi connectivity index (χ3n) is 2.88. The molecule has 0 spiro atoms. The van der Waals surface area contributed by atoms with Crippen molar-refractivity contribution in [3.8, 4) is 0 Å². The summed E-state index contributed by atoms with van der Waals surface area (Å²) >= 11 is 0. The van der Waals surface area contributed by atoms with Crippen LogP contribution in [0.2, 0.25) is 0 Å². The summed E-state index contributed by atoms with van der Waals surface area (Å²) in [4.78, 5) is 11.6. The summed E-state index contributed by atoms with van der Waals surface area (Å²) in [5.41, 5.74) is 5.75. The summed E-state index contributed by atoms with van der Waals surface area (Å²) in [6, 6.07) is 9.48. The Morgan fingerprint density at radius 1 is 1.30 bits per heavy atom. The first-order valence-electron chi connectivity index (χ1n) is 6.31. The van der Waals surface area contributed by atoms with Crippen LogP contribution in [0.1, 0.15) is 16.9 Å². The van der Waals surface area contributed by atoms with Crippen LogP contribution in [0.15, 0.2) is 46.1 Å². The number of hydrogen-bond acceptors (Lipinski definition) is 4. The highest BCUT2D eigenvalue weighted by molar-refractivity contribution is 5.83. The van der Waals surface area contributed by atoms with Crippen LogP contribution in [0.3, 0.4) is 0 Å². The molecule has 5 heteroatoms. The minimum Gasteiger partial charge on any atom is -0.463 e. The molecule has 0 unspecified atom stereocenters. The topological polar surface area (TPSA) is 66.6 Å². The second-order valence-corrected chi connectivity index (χ2v) is 4.46. The van der Waals surface area contributed by atoms with Crippen molar-refractivity contribution in [1.82, 2.24) is 5.43 Å². The molecule has 5 nitrogen and oxygen atoms in total. The molecule has 1 amide bonds. The average Bonchev–Trinajstić information content (AvgIpc) is 2.93. The summed E-state index contributed by atoms with van der Waals surface area (Å²) < 4.78 is 5.05. The highest BCUT2D eigenvalue weighted by Gasteiger charge is 2.00. The molecular formula is C15H17N3O2. The van der Waals surface area contributed by atoms with Gasteiger partial charge in [-0.1, -0.05) is 6.07 Å². The average molecular weight is 271 g/mol. The van der Waals surface area contributed by atoms with Gasteiger partial charge in [-0.25, -0.2) is 5.43 Å². The summed E-state index contributed by atoms with van der Waals surface area (Å²) in [6.45, 7) is 4.25. The van der Waals surface area contributed by atoms with E-state index in [0.29, 0.717) is 5.76 Å². The van der Waals surface area contributed by atoms with Gasteiger partial charge in [-0.3, -0.25) is 4.79 Å². The first-order valence-corrected chi connectivity index (χ1v) is 6.31. The Bertz CT molecular complexity index is 604. The van der Waals surface area contributed by atoms with Crippen molar-refractivity contribution in [2.24, 2.45) is 5.10 Å². The van der Waals surface area contributed by atoms with Crippen molar-refractivity contribution in [1.29, 1.82) is 0 Å². The van der Waals surface area contributed by atoms with E-state index in [1.54, 1.807) is 18.4 Å². The van der Waals surface area contributed by atoms with E-state index in [4.69, 9.17) is 4.42 Å². The summed E-state index contributed by atoms with van der Waals surface area (Å²) in [7, 11) is 0. The predicted molar refractivity (Wildman–Crippen MR) is 78.9 cm³/mol. The van der Waals surface area contributed by atoms with Crippen LogP contribution in [0.4, 0.5) is 5.69 Å². The Morgan fingerprint density at radius 2 is 2.15 bits per heavy atom. The molecule has 2 rings (SSSR count). The lowest BCUT2D eigenvalue weighted by molar-refractivity contribution is -0.119. The fraction of sp³-hybridized carbons (Fsp3) is 0.200. The van der Waals surface area contributed by atoms with Crippen LogP contribution in [0.5, 0.6) is 0 Å². The zero-order chi connectivity index (χ0) is 14.4. The number of anilines is 1. The molecule has 0 saturated carbocycles. The highest BCUT2D eigenvalue weighted by atomic mass is 16.3. The number of furan rings is 1. The number of benzene rings is 1. The lowest BCUT2D eigenvalue weighted by Gasteiger charge is -2.07. The van der Waals surface area contributed by atoms with Gasteiger partial charge in [0.2, 0.25) is 0 Å². The second-order valence-electron chi connectivity index (χ2n) is 4.46. The first-order chi connectivity index (χ1) is 9.65. The molecule has 0 saturated heterocycles. The Hall–Kier alpha value is -2.56. The standard InChI is InChI=1S/C15H17N3O2/c1-11-5-6-13(8-12(11)2)16-10-15(19)18-17-9-14-4-3-7-20-14/h3-9,16H,10H2,1-2H3,(H,18,19). The summed E-state index contributed by atoms with van der Waals surface area (Å²) in [6.07, 6.45) is 3.00. The smallest absolute Gasteiger partial charge is 0.259 e. The number of amides is 1. The molecule has 0 bridgehead atoms. The Balaban J connectivity index is 1.78. The van der Waals surface area contributed by atoms with Gasteiger partial charge in [0, 0.05) is 5.69 Å². The van der Waals surface area contributed by atoms with E-state index < -0.39 is 0 Å². The van der Waals surface area contributed by atoms with Crippen LogP contribution >= 0.6 is 0 Å². The van der Waals surface area contributed by atoms with Crippen LogP contribution in [0, 0.1) is 13.8 Å². The molecule has 1 heterocycles. The number of hydrazone groups is 1. The van der Waals surface area contributed by atoms with Crippen LogP contribution in [0.25, 0.3) is 0 Å². The lowest BCUT2D eigenvalue weighted by Crippen LogP contribution is -2.25. The number of carbonyl (C=O) groups excluding carboxylic acids is 1. The molecule has 0 fully saturated rings. The van der Waals surface area contributed by atoms with Gasteiger partial charge in [-0.15, -0.1) is 0 Å². The van der Waals surface area contributed by atoms with Gasteiger partial charge in [0.15, 0.2) is 0 Å². The van der Waals surface area contributed by atoms with Crippen molar-refractivity contribution in [3.63, 3.8) is 0 Å². The van der Waals surface area contributed by atoms with E-state index in [1.807, 2.05) is 25.1 Å². The number of nitrogens with one attached hydrogen (secondary N) is 2. The van der Waals surface area contributed by atoms with Crippen LogP contribution in [-0.2, 0) is 4.79 Å². The number of nitrogens with zero attached hydrogens (tertiary/aromatic N) is 1. The van der Waals surface area contributed by atoms with Gasteiger partial charge < -0.3 is 9.73 Å². The fourth-order valence-electron chi connectivity index (χ4n) is 1.61. The molecular weight excluding hydrogens is 254 g/mol. The second kappa shape index (κ2) is 6.56. The van der Waals surface area contributed by atoms with Gasteiger partial charge >= 0.3 is 0 Å². The van der Waals surface area contributed by atoms with E-state index in [-0.39, 0.29) is 12.5 Å². The van der Waals surface area contributed by atoms with Gasteiger partial charge in [-0.05, 0) is 49.2 Å². The SMILES string of the molecule is Cc1ccc(NCC(=O)NN=Cc2ccco2)cc1C. The number of aryl methyl sites for hydroxylation is 2. The minimum atomic E-state index is -0.217. The maximum Gasteiger partial charge on any atom is 0.259 e. The maximum absolute atomic E-state index is 11.6. The van der Waals surface area contributed by atoms with E-state index in [2.05, 4.69) is 22.8 Å². The molecule has 104 valence electrons. The highest BCUT2D eigenvalue weighted by Crippen LogP contribution is 2.13. The van der Waals surface area contributed by atoms with Gasteiger partial charge in [-0.2, -0.15) is 5.10 Å². The van der Waals surface area contributed by atoms with Crippen molar-refractivity contribution < 1.29 is 9.21 Å². The molecule has 1 aromatic carbocycles. The quantitative estimate of drug-likeness (QED) is 0.648. The first kappa shape index (κ1) is 13.9. The van der Waals surface area contributed by atoms with Crippen molar-refractivity contribution >= 4 is 17.8 Å². The van der Waals surface area contributed by atoms with E-state index >= 15 is 0 Å². The van der Waals surface area contributed by atoms with Gasteiger partial charge in [0.25, 0.3) is 5.91 Å². The molecule has 0 atom stereocenters. The Morgan fingerprint density at radius 3 is 2.85 bits per heavy atom. The summed E-state index contributed by atoms with van der Waals surface area (Å²) in [5, 5.41) is 6.85. The molecule has 2 N–H and O–H groups in total. The van der Waals surface area contributed by atoms with Crippen molar-refractivity contribution in [2.45, 2.75) is 13.8 Å². The maximum atomic E-state index is 11.6. The largest absolute Gasteiger partial charge is 0.463 e. The molecule has 2 aromatic rings. The van der Waals surface area contributed by atoms with Crippen molar-refractivity contribution in [3.05, 3.63) is 53.5 Å². The number of rotatable bonds is 5. The molecule has 1 aromatic heterocycles. The third kappa shape index (κ3) is 3.98. The number of hydrogen-bond donors (Lipinski definition) is 2.